The number of nitrogens with two attached hydrogens (primary N) is 1. The van der Waals surface area contributed by atoms with Crippen LogP contribution in [0.5, 0.6) is 5.75 Å². The lowest BCUT2D eigenvalue weighted by atomic mass is 9.47. The van der Waals surface area contributed by atoms with Crippen molar-refractivity contribution in [3.8, 4) is 5.75 Å². The van der Waals surface area contributed by atoms with Gasteiger partial charge in [-0.3, -0.25) is 9.59 Å². The molecule has 1 aromatic carbocycles. The van der Waals surface area contributed by atoms with Gasteiger partial charge >= 0.3 is 6.36 Å². The Morgan fingerprint density at radius 2 is 1.79 bits per heavy atom. The van der Waals surface area contributed by atoms with Crippen LogP contribution in [0.25, 0.3) is 0 Å². The molecule has 6 rings (SSSR count). The molecule has 10 heteroatoms. The van der Waals surface area contributed by atoms with Gasteiger partial charge < -0.3 is 25.4 Å². The van der Waals surface area contributed by atoms with Crippen molar-refractivity contribution in [2.24, 2.45) is 28.9 Å². The van der Waals surface area contributed by atoms with Crippen molar-refractivity contribution >= 4 is 17.5 Å². The van der Waals surface area contributed by atoms with E-state index in [0.29, 0.717) is 31.3 Å². The first-order valence-electron chi connectivity index (χ1n) is 11.4. The monoisotopic (exact) mass is 467 g/mol. The first kappa shape index (κ1) is 22.3. The Kier molecular flexibility index (Phi) is 5.46. The number of hydrogen-bond donors (Lipinski definition) is 2. The Morgan fingerprint density at radius 1 is 1.12 bits per heavy atom. The van der Waals surface area contributed by atoms with Crippen LogP contribution in [-0.4, -0.2) is 50.0 Å². The van der Waals surface area contributed by atoms with Gasteiger partial charge in [0.05, 0.1) is 13.2 Å². The highest BCUT2D eigenvalue weighted by Crippen LogP contribution is 2.59. The highest BCUT2D eigenvalue weighted by Gasteiger charge is 2.58. The summed E-state index contributed by atoms with van der Waals surface area (Å²) in [6, 6.07) is 5.64. The van der Waals surface area contributed by atoms with Crippen molar-refractivity contribution in [1.82, 2.24) is 5.32 Å². The predicted molar refractivity (Wildman–Crippen MR) is 112 cm³/mol. The number of morpholine rings is 1. The predicted octanol–water partition coefficient (Wildman–Crippen LogP) is 2.59. The summed E-state index contributed by atoms with van der Waals surface area (Å²) in [4.78, 5) is 27.1. The zero-order chi connectivity index (χ0) is 23.4. The summed E-state index contributed by atoms with van der Waals surface area (Å²) < 4.78 is 46.8. The number of amides is 2. The molecule has 3 atom stereocenters. The number of ether oxygens (including phenoxy) is 2. The Morgan fingerprint density at radius 3 is 2.39 bits per heavy atom. The Balaban J connectivity index is 1.21. The van der Waals surface area contributed by atoms with Gasteiger partial charge in [-0.05, 0) is 74.1 Å². The summed E-state index contributed by atoms with van der Waals surface area (Å²) >= 11 is 0. The number of halogens is 3. The Labute approximate surface area is 189 Å². The fraction of sp³-hybridized carbons (Fsp3) is 0.652. The molecule has 5 aliphatic rings. The van der Waals surface area contributed by atoms with E-state index in [-0.39, 0.29) is 35.4 Å². The second-order valence-electron chi connectivity index (χ2n) is 10.00. The second-order valence-corrected chi connectivity index (χ2v) is 10.00. The average molecular weight is 467 g/mol. The minimum Gasteiger partial charge on any atom is -0.406 e. The van der Waals surface area contributed by atoms with Crippen LogP contribution in [0.3, 0.4) is 0 Å². The minimum atomic E-state index is -4.74. The van der Waals surface area contributed by atoms with Crippen LogP contribution in [0.15, 0.2) is 24.3 Å². The SMILES string of the molecule is NC(=O)C12CC3CC(C1)C(NC(=O)[C@H]1CN(c4ccc(OC(F)(F)F)cc4)CCO1)C(C3)C2. The molecule has 4 saturated carbocycles. The van der Waals surface area contributed by atoms with Crippen LogP contribution < -0.4 is 20.7 Å². The van der Waals surface area contributed by atoms with E-state index < -0.39 is 17.9 Å². The third-order valence-electron chi connectivity index (χ3n) is 7.90. The molecule has 1 aromatic rings. The van der Waals surface area contributed by atoms with Gasteiger partial charge in [-0.15, -0.1) is 13.2 Å². The van der Waals surface area contributed by atoms with Crippen LogP contribution in [0.2, 0.25) is 0 Å². The van der Waals surface area contributed by atoms with E-state index in [1.165, 1.54) is 12.1 Å². The number of anilines is 1. The molecule has 1 saturated heterocycles. The van der Waals surface area contributed by atoms with E-state index in [9.17, 15) is 22.8 Å². The van der Waals surface area contributed by atoms with Gasteiger partial charge in [0.1, 0.15) is 5.75 Å². The van der Waals surface area contributed by atoms with Gasteiger partial charge in [-0.2, -0.15) is 0 Å². The molecule has 0 aromatic heterocycles. The van der Waals surface area contributed by atoms with E-state index in [2.05, 4.69) is 10.1 Å². The van der Waals surface area contributed by atoms with Crippen molar-refractivity contribution < 1.29 is 32.2 Å². The van der Waals surface area contributed by atoms with Gasteiger partial charge in [0.25, 0.3) is 5.91 Å². The lowest BCUT2D eigenvalue weighted by molar-refractivity contribution is -0.274. The average Bonchev–Trinajstić information content (AvgIpc) is 2.75. The molecule has 2 unspecified atom stereocenters. The van der Waals surface area contributed by atoms with E-state index >= 15 is 0 Å². The number of benzene rings is 1. The van der Waals surface area contributed by atoms with Crippen molar-refractivity contribution in [2.45, 2.75) is 50.6 Å². The van der Waals surface area contributed by atoms with Gasteiger partial charge in [0.15, 0.2) is 6.10 Å². The molecule has 0 spiro atoms. The maximum atomic E-state index is 13.1. The molecule has 0 radical (unpaired) electrons. The molecule has 4 aliphatic carbocycles. The number of rotatable bonds is 5. The third-order valence-corrected chi connectivity index (χ3v) is 7.90. The third kappa shape index (κ3) is 4.37. The van der Waals surface area contributed by atoms with Crippen molar-refractivity contribution in [1.29, 1.82) is 0 Å². The number of nitrogens with one attached hydrogen (secondary N) is 1. The molecule has 1 heterocycles. The van der Waals surface area contributed by atoms with E-state index in [0.717, 1.165) is 32.1 Å². The maximum Gasteiger partial charge on any atom is 0.573 e. The Hall–Kier alpha value is -2.49. The van der Waals surface area contributed by atoms with Crippen molar-refractivity contribution in [3.63, 3.8) is 0 Å². The zero-order valence-corrected chi connectivity index (χ0v) is 18.1. The number of hydrogen-bond acceptors (Lipinski definition) is 5. The summed E-state index contributed by atoms with van der Waals surface area (Å²) in [6.07, 6.45) is -1.02. The molecule has 1 aliphatic heterocycles. The molecule has 180 valence electrons. The van der Waals surface area contributed by atoms with Gasteiger partial charge in [0, 0.05) is 23.7 Å². The molecule has 7 nitrogen and oxygen atoms in total. The lowest BCUT2D eigenvalue weighted by Crippen LogP contribution is -2.63. The van der Waals surface area contributed by atoms with Crippen LogP contribution in [0, 0.1) is 23.2 Å². The Bertz CT molecular complexity index is 907. The molecule has 2 amide bonds. The van der Waals surface area contributed by atoms with Crippen LogP contribution >= 0.6 is 0 Å². The quantitative estimate of drug-likeness (QED) is 0.695. The van der Waals surface area contributed by atoms with Crippen LogP contribution in [-0.2, 0) is 14.3 Å². The van der Waals surface area contributed by atoms with Crippen molar-refractivity contribution in [2.75, 3.05) is 24.6 Å². The minimum absolute atomic E-state index is 0.0271. The number of alkyl halides is 3. The van der Waals surface area contributed by atoms with Gasteiger partial charge in [-0.25, -0.2) is 0 Å². The molecule has 4 bridgehead atoms. The standard InChI is InChI=1S/C23H28F3N3O4/c24-23(25,26)33-17-3-1-16(2-4-17)29-5-6-32-18(12-29)20(30)28-19-14-7-13-8-15(19)11-22(9-13,10-14)21(27)31/h1-4,13-15,18-19H,5-12H2,(H2,27,31)(H,28,30)/t13?,14?,15?,18-,19?,22?/m1/s1. The van der Waals surface area contributed by atoms with Gasteiger partial charge in [0.2, 0.25) is 5.91 Å². The molecule has 33 heavy (non-hydrogen) atoms. The van der Waals surface area contributed by atoms with E-state index in [1.807, 2.05) is 4.90 Å². The van der Waals surface area contributed by atoms with E-state index in [4.69, 9.17) is 10.5 Å². The molecule has 5 fully saturated rings. The largest absolute Gasteiger partial charge is 0.573 e. The van der Waals surface area contributed by atoms with E-state index in [1.54, 1.807) is 12.1 Å². The maximum absolute atomic E-state index is 13.1. The molecular weight excluding hydrogens is 439 g/mol. The number of carbonyl (C=O) groups excluding carboxylic acids is 2. The zero-order valence-electron chi connectivity index (χ0n) is 18.1. The second kappa shape index (κ2) is 8.07. The highest BCUT2D eigenvalue weighted by molar-refractivity contribution is 5.83. The van der Waals surface area contributed by atoms with Crippen molar-refractivity contribution in [3.05, 3.63) is 24.3 Å². The van der Waals surface area contributed by atoms with Gasteiger partial charge in [-0.1, -0.05) is 0 Å². The fourth-order valence-corrected chi connectivity index (χ4v) is 6.72. The first-order chi connectivity index (χ1) is 15.6. The lowest BCUT2D eigenvalue weighted by Gasteiger charge is -2.59. The summed E-state index contributed by atoms with van der Waals surface area (Å²) in [6.45, 7) is 1.17. The summed E-state index contributed by atoms with van der Waals surface area (Å²) in [5.41, 5.74) is 6.04. The number of carbonyl (C=O) groups is 2. The van der Waals surface area contributed by atoms with Crippen LogP contribution in [0.1, 0.15) is 32.1 Å². The smallest absolute Gasteiger partial charge is 0.406 e. The van der Waals surface area contributed by atoms with Crippen LogP contribution in [0.4, 0.5) is 18.9 Å². The number of primary amides is 1. The summed E-state index contributed by atoms with van der Waals surface area (Å²) in [5, 5.41) is 3.21. The summed E-state index contributed by atoms with van der Waals surface area (Å²) in [5.74, 6) is 0.354. The normalized spacial score (nSPS) is 35.4. The first-order valence-corrected chi connectivity index (χ1v) is 11.4. The topological polar surface area (TPSA) is 93.9 Å². The fourth-order valence-electron chi connectivity index (χ4n) is 6.72. The molecule has 3 N–H and O–H groups in total. The molecular formula is C23H28F3N3O4. The summed E-state index contributed by atoms with van der Waals surface area (Å²) in [7, 11) is 0. The highest BCUT2D eigenvalue weighted by atomic mass is 19.4. The number of nitrogens with zero attached hydrogens (tertiary/aromatic N) is 1.